The van der Waals surface area contributed by atoms with Crippen LogP contribution in [0.5, 0.6) is 0 Å². The summed E-state index contributed by atoms with van der Waals surface area (Å²) in [5.41, 5.74) is 1.19. The van der Waals surface area contributed by atoms with Gasteiger partial charge in [-0.05, 0) is 19.1 Å². The van der Waals surface area contributed by atoms with Crippen LogP contribution < -0.4 is 10.6 Å². The fourth-order valence-electron chi connectivity index (χ4n) is 1.70. The number of hydrogen-bond acceptors (Lipinski definition) is 4. The number of carbonyl (C=O) groups excluding carboxylic acids is 1. The number of H-pyrrole nitrogens is 1. The Labute approximate surface area is 122 Å². The predicted molar refractivity (Wildman–Crippen MR) is 78.0 cm³/mol. The van der Waals surface area contributed by atoms with E-state index in [2.05, 4.69) is 25.6 Å². The summed E-state index contributed by atoms with van der Waals surface area (Å²) < 4.78 is 0. The minimum absolute atomic E-state index is 0.231. The quantitative estimate of drug-likeness (QED) is 0.759. The predicted octanol–water partition coefficient (Wildman–Crippen LogP) is 1.86. The molecule has 0 bridgehead atoms. The molecule has 0 fully saturated rings. The van der Waals surface area contributed by atoms with Gasteiger partial charge in [0.15, 0.2) is 0 Å². The lowest BCUT2D eigenvalue weighted by atomic mass is 10.3. The van der Waals surface area contributed by atoms with Crippen LogP contribution in [0.25, 0.3) is 0 Å². The van der Waals surface area contributed by atoms with Crippen LogP contribution in [0, 0.1) is 0 Å². The van der Waals surface area contributed by atoms with Crippen LogP contribution in [-0.4, -0.2) is 33.9 Å². The Bertz CT molecular complexity index is 570. The van der Waals surface area contributed by atoms with Gasteiger partial charge in [0.05, 0.1) is 11.3 Å². The Morgan fingerprint density at radius 2 is 2.30 bits per heavy atom. The second-order valence-electron chi connectivity index (χ2n) is 4.14. The smallest absolute Gasteiger partial charge is 0.271 e. The van der Waals surface area contributed by atoms with E-state index in [4.69, 9.17) is 11.6 Å². The summed E-state index contributed by atoms with van der Waals surface area (Å²) in [5, 5.41) is 6.17. The molecular weight excluding hydrogens is 278 g/mol. The Morgan fingerprint density at radius 1 is 1.45 bits per heavy atom. The molecule has 0 spiro atoms. The third-order valence-corrected chi connectivity index (χ3v) is 2.96. The summed E-state index contributed by atoms with van der Waals surface area (Å²) in [5.74, 6) is 0.352. The van der Waals surface area contributed by atoms with E-state index in [0.717, 1.165) is 12.2 Å². The van der Waals surface area contributed by atoms with E-state index >= 15 is 0 Å². The number of pyridine rings is 1. The number of nitrogens with zero attached hydrogens (tertiary/aromatic N) is 2. The molecule has 0 aliphatic rings. The molecule has 106 valence electrons. The van der Waals surface area contributed by atoms with Gasteiger partial charge in [0.2, 0.25) is 0 Å². The zero-order valence-electron chi connectivity index (χ0n) is 11.1. The van der Waals surface area contributed by atoms with E-state index in [-0.39, 0.29) is 11.6 Å². The van der Waals surface area contributed by atoms with Crippen molar-refractivity contribution in [2.75, 3.05) is 18.4 Å². The van der Waals surface area contributed by atoms with Crippen LogP contribution in [0.3, 0.4) is 0 Å². The largest absolute Gasteiger partial charge is 0.370 e. The van der Waals surface area contributed by atoms with Gasteiger partial charge in [0, 0.05) is 31.4 Å². The summed E-state index contributed by atoms with van der Waals surface area (Å²) in [6.07, 6.45) is 4.01. The van der Waals surface area contributed by atoms with Crippen molar-refractivity contribution in [1.82, 2.24) is 20.3 Å². The number of hydrogen-bond donors (Lipinski definition) is 3. The molecule has 0 aliphatic carbocycles. The van der Waals surface area contributed by atoms with Gasteiger partial charge in [-0.3, -0.25) is 4.79 Å². The monoisotopic (exact) mass is 293 g/mol. The van der Waals surface area contributed by atoms with Crippen LogP contribution in [-0.2, 0) is 6.42 Å². The molecule has 0 saturated carbocycles. The summed E-state index contributed by atoms with van der Waals surface area (Å²) in [6.45, 7) is 3.18. The molecule has 1 amide bonds. The highest BCUT2D eigenvalue weighted by atomic mass is 35.5. The molecule has 2 aromatic heterocycles. The van der Waals surface area contributed by atoms with Gasteiger partial charge < -0.3 is 15.6 Å². The molecule has 2 heterocycles. The number of amides is 1. The van der Waals surface area contributed by atoms with Gasteiger partial charge in [0.1, 0.15) is 11.5 Å². The SMILES string of the molecule is CCNc1ccc(Cl)c(C(=O)NCCc2cnc[nH]2)n1. The Morgan fingerprint density at radius 3 is 3.00 bits per heavy atom. The van der Waals surface area contributed by atoms with Crippen LogP contribution in [0.2, 0.25) is 5.02 Å². The molecule has 6 nitrogen and oxygen atoms in total. The van der Waals surface area contributed by atoms with E-state index in [1.165, 1.54) is 0 Å². The lowest BCUT2D eigenvalue weighted by molar-refractivity contribution is 0.0949. The number of aromatic amines is 1. The molecule has 0 atom stereocenters. The third kappa shape index (κ3) is 3.71. The highest BCUT2D eigenvalue weighted by Gasteiger charge is 2.12. The van der Waals surface area contributed by atoms with Gasteiger partial charge in [-0.1, -0.05) is 11.6 Å². The Hall–Kier alpha value is -2.08. The maximum Gasteiger partial charge on any atom is 0.271 e. The first-order chi connectivity index (χ1) is 9.70. The van der Waals surface area contributed by atoms with Crippen molar-refractivity contribution in [1.29, 1.82) is 0 Å². The van der Waals surface area contributed by atoms with E-state index in [1.54, 1.807) is 24.7 Å². The first-order valence-electron chi connectivity index (χ1n) is 6.36. The number of aromatic nitrogens is 3. The fraction of sp³-hybridized carbons (Fsp3) is 0.308. The normalized spacial score (nSPS) is 10.3. The van der Waals surface area contributed by atoms with E-state index in [1.807, 2.05) is 6.92 Å². The second kappa shape index (κ2) is 6.91. The van der Waals surface area contributed by atoms with Crippen LogP contribution in [0.15, 0.2) is 24.7 Å². The first-order valence-corrected chi connectivity index (χ1v) is 6.74. The molecule has 0 unspecified atom stereocenters. The first kappa shape index (κ1) is 14.3. The molecule has 3 N–H and O–H groups in total. The molecular formula is C13H16ClN5O. The number of anilines is 1. The number of rotatable bonds is 6. The molecule has 7 heteroatoms. The van der Waals surface area contributed by atoms with E-state index in [9.17, 15) is 4.79 Å². The van der Waals surface area contributed by atoms with Gasteiger partial charge >= 0.3 is 0 Å². The van der Waals surface area contributed by atoms with Crippen LogP contribution >= 0.6 is 11.6 Å². The zero-order chi connectivity index (χ0) is 14.4. The minimum atomic E-state index is -0.283. The maximum atomic E-state index is 12.0. The lowest BCUT2D eigenvalue weighted by Gasteiger charge is -2.08. The molecule has 2 rings (SSSR count). The average Bonchev–Trinajstić information content (AvgIpc) is 2.94. The number of imidazole rings is 1. The summed E-state index contributed by atoms with van der Waals surface area (Å²) in [4.78, 5) is 23.1. The van der Waals surface area contributed by atoms with E-state index < -0.39 is 0 Å². The van der Waals surface area contributed by atoms with Crippen molar-refractivity contribution >= 4 is 23.3 Å². The van der Waals surface area contributed by atoms with Gasteiger partial charge in [-0.15, -0.1) is 0 Å². The molecule has 20 heavy (non-hydrogen) atoms. The highest BCUT2D eigenvalue weighted by Crippen LogP contribution is 2.16. The molecule has 0 aromatic carbocycles. The van der Waals surface area contributed by atoms with Crippen molar-refractivity contribution in [3.8, 4) is 0 Å². The summed E-state index contributed by atoms with van der Waals surface area (Å²) in [7, 11) is 0. The molecule has 0 saturated heterocycles. The van der Waals surface area contributed by atoms with Crippen molar-refractivity contribution in [2.45, 2.75) is 13.3 Å². The zero-order valence-corrected chi connectivity index (χ0v) is 11.9. The third-order valence-electron chi connectivity index (χ3n) is 2.65. The lowest BCUT2D eigenvalue weighted by Crippen LogP contribution is -2.27. The number of carbonyl (C=O) groups is 1. The van der Waals surface area contributed by atoms with Gasteiger partial charge in [-0.25, -0.2) is 9.97 Å². The van der Waals surface area contributed by atoms with Crippen molar-refractivity contribution in [3.05, 3.63) is 41.1 Å². The topological polar surface area (TPSA) is 82.7 Å². The van der Waals surface area contributed by atoms with Crippen LogP contribution in [0.4, 0.5) is 5.82 Å². The van der Waals surface area contributed by atoms with Crippen molar-refractivity contribution in [3.63, 3.8) is 0 Å². The van der Waals surface area contributed by atoms with Crippen molar-refractivity contribution < 1.29 is 4.79 Å². The standard InChI is InChI=1S/C13H16ClN5O/c1-2-16-11-4-3-10(14)12(19-11)13(20)17-6-5-9-7-15-8-18-9/h3-4,7-8H,2,5-6H2,1H3,(H,15,18)(H,16,19)(H,17,20). The Kier molecular flexibility index (Phi) is 4.95. The maximum absolute atomic E-state index is 12.0. The van der Waals surface area contributed by atoms with Crippen molar-refractivity contribution in [2.24, 2.45) is 0 Å². The Balaban J connectivity index is 1.95. The molecule has 0 radical (unpaired) electrons. The second-order valence-corrected chi connectivity index (χ2v) is 4.55. The molecule has 0 aliphatic heterocycles. The number of halogens is 1. The van der Waals surface area contributed by atoms with Gasteiger partial charge in [-0.2, -0.15) is 0 Å². The average molecular weight is 294 g/mol. The minimum Gasteiger partial charge on any atom is -0.370 e. The summed E-state index contributed by atoms with van der Waals surface area (Å²) in [6, 6.07) is 3.41. The number of nitrogens with one attached hydrogen (secondary N) is 3. The molecule has 2 aromatic rings. The van der Waals surface area contributed by atoms with Crippen LogP contribution in [0.1, 0.15) is 23.1 Å². The summed E-state index contributed by atoms with van der Waals surface area (Å²) >= 11 is 6.00. The highest BCUT2D eigenvalue weighted by molar-refractivity contribution is 6.33. The van der Waals surface area contributed by atoms with E-state index in [0.29, 0.717) is 23.8 Å². The van der Waals surface area contributed by atoms with Gasteiger partial charge in [0.25, 0.3) is 5.91 Å². The fourth-order valence-corrected chi connectivity index (χ4v) is 1.89.